The predicted molar refractivity (Wildman–Crippen MR) is 161 cm³/mol. The van der Waals surface area contributed by atoms with Gasteiger partial charge < -0.3 is 0 Å². The van der Waals surface area contributed by atoms with Crippen LogP contribution in [0.2, 0.25) is 0 Å². The van der Waals surface area contributed by atoms with Crippen LogP contribution in [0.25, 0.3) is 0 Å². The highest BCUT2D eigenvalue weighted by Crippen LogP contribution is 2.10. The summed E-state index contributed by atoms with van der Waals surface area (Å²) in [6.45, 7) is 13.1. The third-order valence-corrected chi connectivity index (χ3v) is 5.45. The zero-order valence-electron chi connectivity index (χ0n) is 22.7. The molecule has 0 aromatic heterocycles. The van der Waals surface area contributed by atoms with Gasteiger partial charge in [0.1, 0.15) is 0 Å². The molecule has 0 amide bonds. The summed E-state index contributed by atoms with van der Waals surface area (Å²) >= 11 is 0. The minimum atomic E-state index is -3.42. The van der Waals surface area contributed by atoms with Crippen molar-refractivity contribution < 1.29 is 8.42 Å². The largest absolute Gasteiger partial charge is 0.284 e. The molecule has 4 heteroatoms. The summed E-state index contributed by atoms with van der Waals surface area (Å²) in [6.07, 6.45) is 29.3. The van der Waals surface area contributed by atoms with E-state index in [4.69, 9.17) is 0 Å². The summed E-state index contributed by atoms with van der Waals surface area (Å²) in [6, 6.07) is 10.5. The van der Waals surface area contributed by atoms with E-state index in [0.29, 0.717) is 18.0 Å². The molecule has 1 N–H and O–H groups in total. The molecule has 36 heavy (non-hydrogen) atoms. The third-order valence-electron chi connectivity index (χ3n) is 4.28. The molecule has 3 nitrogen and oxygen atoms in total. The van der Waals surface area contributed by atoms with Crippen LogP contribution in [0.1, 0.15) is 59.4 Å². The SMILES string of the molecule is C#CC.C=C/C=C\C/C(=C\CC(C)/C=C\C=C/C)NS(=O)(=O)/C=C/C.CC/C=C\Cc1ccccc1. The molecule has 1 aromatic carbocycles. The van der Waals surface area contributed by atoms with Gasteiger partial charge in [-0.2, -0.15) is 0 Å². The van der Waals surface area contributed by atoms with E-state index in [0.717, 1.165) is 24.7 Å². The normalized spacial score (nSPS) is 12.8. The quantitative estimate of drug-likeness (QED) is 0.165. The maximum Gasteiger partial charge on any atom is 0.254 e. The molecular formula is C32H45NO2S. The lowest BCUT2D eigenvalue weighted by Crippen LogP contribution is -2.20. The van der Waals surface area contributed by atoms with E-state index < -0.39 is 10.0 Å². The van der Waals surface area contributed by atoms with E-state index in [2.05, 4.69) is 80.0 Å². The topological polar surface area (TPSA) is 46.2 Å². The molecule has 1 rings (SSSR count). The van der Waals surface area contributed by atoms with Crippen LogP contribution in [0.4, 0.5) is 0 Å². The maximum atomic E-state index is 11.8. The molecular weight excluding hydrogens is 462 g/mol. The summed E-state index contributed by atoms with van der Waals surface area (Å²) < 4.78 is 26.2. The average Bonchev–Trinajstić information content (AvgIpc) is 2.84. The summed E-state index contributed by atoms with van der Waals surface area (Å²) in [7, 11) is -3.42. The second-order valence-corrected chi connectivity index (χ2v) is 9.26. The number of allylic oxidation sites excluding steroid dienone is 11. The van der Waals surface area contributed by atoms with Crippen LogP contribution in [-0.2, 0) is 16.4 Å². The van der Waals surface area contributed by atoms with Crippen molar-refractivity contribution in [1.29, 1.82) is 0 Å². The van der Waals surface area contributed by atoms with Crippen molar-refractivity contribution in [1.82, 2.24) is 4.72 Å². The fourth-order valence-electron chi connectivity index (χ4n) is 2.63. The molecule has 0 aliphatic carbocycles. The highest BCUT2D eigenvalue weighted by molar-refractivity contribution is 7.92. The zero-order chi connectivity index (χ0) is 27.5. The summed E-state index contributed by atoms with van der Waals surface area (Å²) in [5.41, 5.74) is 2.06. The first-order valence-corrected chi connectivity index (χ1v) is 13.8. The Bertz CT molecular complexity index is 1000. The maximum absolute atomic E-state index is 11.8. The van der Waals surface area contributed by atoms with E-state index in [1.165, 1.54) is 11.6 Å². The fraction of sp³-hybridized carbons (Fsp3) is 0.312. The summed E-state index contributed by atoms with van der Waals surface area (Å²) in [5.74, 6) is 2.58. The lowest BCUT2D eigenvalue weighted by atomic mass is 10.1. The number of benzene rings is 1. The second-order valence-electron chi connectivity index (χ2n) is 7.70. The van der Waals surface area contributed by atoms with Crippen LogP contribution in [-0.4, -0.2) is 8.42 Å². The molecule has 0 spiro atoms. The summed E-state index contributed by atoms with van der Waals surface area (Å²) in [4.78, 5) is 0. The van der Waals surface area contributed by atoms with Gasteiger partial charge in [0.15, 0.2) is 0 Å². The fourth-order valence-corrected chi connectivity index (χ4v) is 3.58. The van der Waals surface area contributed by atoms with E-state index in [-0.39, 0.29) is 0 Å². The van der Waals surface area contributed by atoms with Gasteiger partial charge in [-0.15, -0.1) is 12.3 Å². The summed E-state index contributed by atoms with van der Waals surface area (Å²) in [5, 5.41) is 1.16. The second kappa shape index (κ2) is 24.8. The van der Waals surface area contributed by atoms with Gasteiger partial charge in [0.2, 0.25) is 0 Å². The molecule has 0 bridgehead atoms. The Labute approximate surface area is 221 Å². The first-order valence-electron chi connectivity index (χ1n) is 12.3. The number of sulfonamides is 1. The van der Waals surface area contributed by atoms with Crippen LogP contribution in [0, 0.1) is 18.3 Å². The van der Waals surface area contributed by atoms with E-state index in [9.17, 15) is 8.42 Å². The van der Waals surface area contributed by atoms with Crippen LogP contribution in [0.15, 0.2) is 115 Å². The van der Waals surface area contributed by atoms with Gasteiger partial charge in [0, 0.05) is 17.5 Å². The zero-order valence-corrected chi connectivity index (χ0v) is 23.5. The highest BCUT2D eigenvalue weighted by atomic mass is 32.2. The average molecular weight is 508 g/mol. The van der Waals surface area contributed by atoms with E-state index in [1.807, 2.05) is 43.4 Å². The first kappa shape index (κ1) is 34.9. The first-order chi connectivity index (χ1) is 17.3. The molecule has 0 aliphatic rings. The smallest absolute Gasteiger partial charge is 0.254 e. The van der Waals surface area contributed by atoms with Gasteiger partial charge in [-0.25, -0.2) is 8.42 Å². The van der Waals surface area contributed by atoms with Gasteiger partial charge in [0.05, 0.1) is 0 Å². The Morgan fingerprint density at radius 1 is 1.08 bits per heavy atom. The Hall–Kier alpha value is -3.29. The molecule has 1 atom stereocenters. The van der Waals surface area contributed by atoms with Crippen LogP contribution >= 0.6 is 0 Å². The Kier molecular flexibility index (Phi) is 24.0. The van der Waals surface area contributed by atoms with Gasteiger partial charge in [-0.3, -0.25) is 4.72 Å². The van der Waals surface area contributed by atoms with Crippen molar-refractivity contribution in [3.8, 4) is 12.3 Å². The molecule has 0 saturated carbocycles. The van der Waals surface area contributed by atoms with E-state index >= 15 is 0 Å². The van der Waals surface area contributed by atoms with Crippen molar-refractivity contribution in [3.05, 3.63) is 120 Å². The number of hydrogen-bond donors (Lipinski definition) is 1. The van der Waals surface area contributed by atoms with Crippen LogP contribution in [0.5, 0.6) is 0 Å². The third kappa shape index (κ3) is 23.9. The minimum Gasteiger partial charge on any atom is -0.284 e. The molecule has 0 radical (unpaired) electrons. The molecule has 196 valence electrons. The van der Waals surface area contributed by atoms with Crippen LogP contribution < -0.4 is 4.72 Å². The lowest BCUT2D eigenvalue weighted by molar-refractivity contribution is 0.596. The predicted octanol–water partition coefficient (Wildman–Crippen LogP) is 8.45. The van der Waals surface area contributed by atoms with Crippen molar-refractivity contribution >= 4 is 10.0 Å². The van der Waals surface area contributed by atoms with Gasteiger partial charge in [-0.1, -0.05) is 118 Å². The lowest BCUT2D eigenvalue weighted by Gasteiger charge is -2.09. The van der Waals surface area contributed by atoms with Gasteiger partial charge in [-0.05, 0) is 51.5 Å². The van der Waals surface area contributed by atoms with Gasteiger partial charge >= 0.3 is 0 Å². The number of hydrogen-bond acceptors (Lipinski definition) is 2. The molecule has 1 aromatic rings. The van der Waals surface area contributed by atoms with Crippen molar-refractivity contribution in [2.45, 2.75) is 60.3 Å². The highest BCUT2D eigenvalue weighted by Gasteiger charge is 2.07. The number of terminal acetylenes is 1. The van der Waals surface area contributed by atoms with Gasteiger partial charge in [0.25, 0.3) is 10.0 Å². The standard InChI is InChI=1S/C18H27NO2S.C11H14.C3H4/c1-5-8-10-12-17(4)14-15-18(13-11-9-6-2)19-22(20,21)16-7-3;1-2-3-5-8-11-9-6-4-7-10-11;1-3-2/h5-12,15-17,19H,2,13-14H2,1,3-4H3;3-7,9-10H,2,8H2,1H3;1H,2H3/b8-5-,11-9-,12-10-,16-7+,18-15+;5-3-;. The number of rotatable bonds is 13. The Morgan fingerprint density at radius 3 is 2.31 bits per heavy atom. The van der Waals surface area contributed by atoms with Crippen molar-refractivity contribution in [2.24, 2.45) is 5.92 Å². The molecule has 1 unspecified atom stereocenters. The minimum absolute atomic E-state index is 0.334. The van der Waals surface area contributed by atoms with Crippen molar-refractivity contribution in [3.63, 3.8) is 0 Å². The molecule has 0 saturated heterocycles. The monoisotopic (exact) mass is 507 g/mol. The molecule has 0 heterocycles. The van der Waals surface area contributed by atoms with Crippen LogP contribution in [0.3, 0.4) is 0 Å². The molecule has 0 aliphatic heterocycles. The van der Waals surface area contributed by atoms with E-state index in [1.54, 1.807) is 26.0 Å². The Balaban J connectivity index is 0. The Morgan fingerprint density at radius 2 is 1.75 bits per heavy atom. The van der Waals surface area contributed by atoms with Crippen molar-refractivity contribution in [2.75, 3.05) is 0 Å². The number of nitrogens with one attached hydrogen (secondary N) is 1. The molecule has 0 fully saturated rings.